The van der Waals surface area contributed by atoms with Gasteiger partial charge in [0.2, 0.25) is 70.4 Å². The number of anilines is 2. The van der Waals surface area contributed by atoms with Gasteiger partial charge in [-0.05, 0) is 45.2 Å². The van der Waals surface area contributed by atoms with Gasteiger partial charge in [-0.15, -0.1) is 0 Å². The first-order valence-electron chi connectivity index (χ1n) is 24.8. The standard InChI is InChI=1S/C46H63N13O23/c1-17(38(71)49-13-32(68)52-25-16-82-46(80)33(18(2)62)56-44(77)34(35(69)45(78)79)57-41(74)24(15-61)54-42(25)75)50-39(72)21(5-4-8-58(81)19(3)63)53-40(73)23(14-60)55-43(76)26-6-7-48-37-22(51-31(67)12-30(66)36(47)70)9-20-10-28(64)29(65)11-27(20)59(26)37/h9-11,17-18,21,23-26,30,33-35,48,60-62,64,66,69,81H,4-8,12-16H2,1-3H3,(H2,47,70)(H,49,71)(H,50,72)(H,51,67)(H,52,68)(H,53,73)(H,54,75)(H,55,76)(H,56,77)(H,57,74)(H,78,79)/t17-,18+,21+,23+,24-,25+,26-,30?,33-,34+,35+/m0/s1. The number of ether oxygens (including phenoxy) is 1. The molecule has 36 heteroatoms. The number of cyclic esters (lactones) is 1. The zero-order valence-corrected chi connectivity index (χ0v) is 43.8. The minimum Gasteiger partial charge on any atom is -0.504 e. The Kier molecular flexibility index (Phi) is 23.4. The van der Waals surface area contributed by atoms with Gasteiger partial charge >= 0.3 is 11.9 Å². The molecule has 1 fully saturated rings. The van der Waals surface area contributed by atoms with Crippen LogP contribution in [0.5, 0.6) is 5.75 Å². The monoisotopic (exact) mass is 1170 g/mol. The third-order valence-corrected chi connectivity index (χ3v) is 12.4. The summed E-state index contributed by atoms with van der Waals surface area (Å²) in [4.78, 5) is 181. The van der Waals surface area contributed by atoms with Gasteiger partial charge in [0.25, 0.3) is 0 Å². The molecular weight excluding hydrogens is 1100 g/mol. The summed E-state index contributed by atoms with van der Waals surface area (Å²) < 4.78 is 6.28. The van der Waals surface area contributed by atoms with Gasteiger partial charge in [0, 0.05) is 31.6 Å². The average Bonchev–Trinajstić information content (AvgIpc) is 3.63. The number of hydrogen-bond acceptors (Lipinski definition) is 23. The Bertz CT molecular complexity index is 2830. The summed E-state index contributed by atoms with van der Waals surface area (Å²) in [5.74, 6) is -17.0. The van der Waals surface area contributed by atoms with Crippen molar-refractivity contribution in [3.63, 3.8) is 0 Å². The van der Waals surface area contributed by atoms with E-state index in [0.29, 0.717) is 5.06 Å². The number of aliphatic carboxylic acids is 1. The van der Waals surface area contributed by atoms with Crippen LogP contribution >= 0.6 is 0 Å². The van der Waals surface area contributed by atoms with Crippen molar-refractivity contribution in [2.24, 2.45) is 5.73 Å². The van der Waals surface area contributed by atoms with E-state index in [2.05, 4.69) is 37.2 Å². The first-order chi connectivity index (χ1) is 38.5. The number of carbonyl (C=O) groups excluding carboxylic acids is 12. The highest BCUT2D eigenvalue weighted by Gasteiger charge is 2.41. The molecule has 20 N–H and O–H groups in total. The second-order valence-electron chi connectivity index (χ2n) is 18.6. The first-order valence-corrected chi connectivity index (χ1v) is 24.8. The van der Waals surface area contributed by atoms with E-state index in [1.807, 2.05) is 16.0 Å². The number of nitrogens with two attached hydrogens (primary N) is 1. The number of phenols is 1. The average molecular weight is 1170 g/mol. The summed E-state index contributed by atoms with van der Waals surface area (Å²) in [6.07, 6.45) is -7.76. The van der Waals surface area contributed by atoms with E-state index in [0.717, 1.165) is 32.9 Å². The number of carboxylic acid groups (broad SMARTS) is 1. The number of nitrogens with zero attached hydrogens (tertiary/aromatic N) is 2. The molecule has 4 rings (SSSR count). The van der Waals surface area contributed by atoms with Crippen molar-refractivity contribution in [2.45, 2.75) is 113 Å². The maximum atomic E-state index is 14.1. The van der Waals surface area contributed by atoms with E-state index >= 15 is 0 Å². The van der Waals surface area contributed by atoms with Crippen LogP contribution in [0, 0.1) is 0 Å². The highest BCUT2D eigenvalue weighted by atomic mass is 16.5. The molecule has 3 heterocycles. The number of hydrogen-bond donors (Lipinski definition) is 19. The van der Waals surface area contributed by atoms with Crippen LogP contribution in [0.15, 0.2) is 23.0 Å². The zero-order chi connectivity index (χ0) is 61.4. The van der Waals surface area contributed by atoms with Crippen molar-refractivity contribution in [3.05, 3.63) is 28.4 Å². The first kappa shape index (κ1) is 65.4. The van der Waals surface area contributed by atoms with Gasteiger partial charge in [-0.1, -0.05) is 0 Å². The minimum absolute atomic E-state index is 0.00953. The van der Waals surface area contributed by atoms with Gasteiger partial charge < -0.3 is 104 Å². The molecule has 3 aliphatic heterocycles. The lowest BCUT2D eigenvalue weighted by molar-refractivity contribution is -0.163. The molecule has 0 bridgehead atoms. The lowest BCUT2D eigenvalue weighted by Crippen LogP contribution is -2.62. The Morgan fingerprint density at radius 2 is 1.50 bits per heavy atom. The lowest BCUT2D eigenvalue weighted by Gasteiger charge is -2.34. The number of nitrogens with one attached hydrogen (secondary N) is 10. The van der Waals surface area contributed by atoms with Crippen molar-refractivity contribution in [3.8, 4) is 17.0 Å². The van der Waals surface area contributed by atoms with E-state index in [4.69, 9.17) is 10.5 Å². The van der Waals surface area contributed by atoms with E-state index in [9.17, 15) is 108 Å². The number of rotatable bonds is 23. The van der Waals surface area contributed by atoms with Crippen LogP contribution in [0.25, 0.3) is 11.3 Å². The van der Waals surface area contributed by atoms with Crippen LogP contribution in [-0.4, -0.2) is 228 Å². The van der Waals surface area contributed by atoms with E-state index in [1.54, 1.807) is 0 Å². The number of phenolic OH excluding ortho intramolecular Hbond substituents is 1. The Balaban J connectivity index is 1.49. The minimum atomic E-state index is -2.66. The Hall–Kier alpha value is -9.10. The van der Waals surface area contributed by atoms with Gasteiger partial charge in [0.1, 0.15) is 60.8 Å². The number of benzene rings is 1. The molecule has 11 amide bonds. The van der Waals surface area contributed by atoms with E-state index < -0.39 is 194 Å². The van der Waals surface area contributed by atoms with Crippen LogP contribution in [0.1, 0.15) is 52.5 Å². The van der Waals surface area contributed by atoms with Crippen molar-refractivity contribution in [2.75, 3.05) is 50.1 Å². The number of carboxylic acids is 1. The topological polar surface area (TPSA) is 565 Å². The number of esters is 1. The summed E-state index contributed by atoms with van der Waals surface area (Å²) in [7, 11) is 0. The molecule has 0 spiro atoms. The molecule has 1 unspecified atom stereocenters. The molecule has 82 heavy (non-hydrogen) atoms. The predicted octanol–water partition coefficient (Wildman–Crippen LogP) is -9.89. The molecule has 450 valence electrons. The Morgan fingerprint density at radius 1 is 0.841 bits per heavy atom. The van der Waals surface area contributed by atoms with Gasteiger partial charge in [0.15, 0.2) is 17.9 Å². The molecule has 0 saturated carbocycles. The molecule has 1 saturated heterocycles. The van der Waals surface area contributed by atoms with Crippen molar-refractivity contribution < 1.29 is 108 Å². The van der Waals surface area contributed by atoms with Crippen molar-refractivity contribution in [1.82, 2.24) is 52.2 Å². The fourth-order valence-electron chi connectivity index (χ4n) is 7.91. The maximum absolute atomic E-state index is 14.1. The number of hydroxylamine groups is 2. The molecule has 0 aromatic heterocycles. The molecule has 0 aromatic rings. The molecular formula is C46H63N13O23. The third kappa shape index (κ3) is 17.4. The van der Waals surface area contributed by atoms with Gasteiger partial charge in [-0.25, -0.2) is 14.7 Å². The summed E-state index contributed by atoms with van der Waals surface area (Å²) in [5, 5.41) is 103. The SMILES string of the molecule is CC(=O)N(O)CCC[C@@H](NC(=O)[C@@H](CO)NC(=O)[C@@H]1CCNc2c(NC(=O)CC(O)C(N)=O)cc3cc(O)c(=O)cc-3n21)C(=O)N[C@@H](C)C(=O)NCC(=O)N[C@@H]1COC(=O)[C@H]([C@@H](C)O)NC(=O)[C@@H]([C@@H](O)C(=O)O)NC(=O)[C@H](CO)NC1=O. The van der Waals surface area contributed by atoms with E-state index in [-0.39, 0.29) is 48.6 Å². The highest BCUT2D eigenvalue weighted by Crippen LogP contribution is 2.39. The highest BCUT2D eigenvalue weighted by molar-refractivity contribution is 6.01. The third-order valence-electron chi connectivity index (χ3n) is 12.4. The number of amides is 11. The van der Waals surface area contributed by atoms with Crippen molar-refractivity contribution >= 4 is 88.4 Å². The fourth-order valence-corrected chi connectivity index (χ4v) is 7.91. The number of aliphatic hydroxyl groups is 5. The number of fused-ring (bicyclic) bond motifs is 3. The summed E-state index contributed by atoms with van der Waals surface area (Å²) in [6, 6.07) is -11.4. The maximum Gasteiger partial charge on any atom is 0.335 e. The number of pyridine rings is 1. The van der Waals surface area contributed by atoms with Crippen LogP contribution in [-0.2, 0) is 67.1 Å². The number of primary amides is 1. The smallest absolute Gasteiger partial charge is 0.335 e. The van der Waals surface area contributed by atoms with Crippen LogP contribution in [0.4, 0.5) is 11.5 Å². The summed E-state index contributed by atoms with van der Waals surface area (Å²) >= 11 is 0. The molecule has 4 aliphatic rings. The number of aliphatic hydroxyl groups excluding tert-OH is 5. The van der Waals surface area contributed by atoms with Gasteiger partial charge in [-0.2, -0.15) is 0 Å². The number of aromatic nitrogens is 1. The Labute approximate surface area is 462 Å². The van der Waals surface area contributed by atoms with Gasteiger partial charge in [-0.3, -0.25) is 62.7 Å². The van der Waals surface area contributed by atoms with Gasteiger partial charge in [0.05, 0.1) is 43.7 Å². The number of carbonyl (C=O) groups is 13. The van der Waals surface area contributed by atoms with E-state index in [1.165, 1.54) is 10.6 Å². The molecule has 1 aliphatic carbocycles. The molecule has 36 nitrogen and oxygen atoms in total. The second kappa shape index (κ2) is 29.4. The molecule has 0 radical (unpaired) electrons. The van der Waals surface area contributed by atoms with Crippen molar-refractivity contribution in [1.29, 1.82) is 0 Å². The summed E-state index contributed by atoms with van der Waals surface area (Å²) in [6.45, 7) is -1.69. The Morgan fingerprint density at radius 3 is 2.11 bits per heavy atom. The fraction of sp³-hybridized carbons (Fsp3) is 0.522. The lowest BCUT2D eigenvalue weighted by atomic mass is 10.0. The molecule has 0 aromatic carbocycles. The summed E-state index contributed by atoms with van der Waals surface area (Å²) in [5.41, 5.74) is 4.27. The van der Waals surface area contributed by atoms with Crippen LogP contribution < -0.4 is 64.3 Å². The normalized spacial score (nSPS) is 20.5. The predicted molar refractivity (Wildman–Crippen MR) is 271 cm³/mol. The quantitative estimate of drug-likeness (QED) is 0.0279. The molecule has 11 atom stereocenters. The largest absolute Gasteiger partial charge is 0.504 e. The van der Waals surface area contributed by atoms with Crippen LogP contribution in [0.3, 0.4) is 0 Å². The second-order valence-corrected chi connectivity index (χ2v) is 18.6. The number of aromatic hydroxyl groups is 1. The zero-order valence-electron chi connectivity index (χ0n) is 43.8. The van der Waals surface area contributed by atoms with Crippen LogP contribution in [0.2, 0.25) is 0 Å².